The molecule has 0 bridgehead atoms. The number of rotatable bonds is 2. The lowest BCUT2D eigenvalue weighted by Gasteiger charge is -2.07. The predicted molar refractivity (Wildman–Crippen MR) is 73.1 cm³/mol. The van der Waals surface area contributed by atoms with Gasteiger partial charge in [-0.15, -0.1) is 0 Å². The highest BCUT2D eigenvalue weighted by atomic mass is 35.5. The van der Waals surface area contributed by atoms with E-state index in [2.05, 4.69) is 10.3 Å². The molecule has 0 saturated carbocycles. The molecule has 1 aromatic carbocycles. The van der Waals surface area contributed by atoms with E-state index in [1.54, 1.807) is 24.3 Å². The van der Waals surface area contributed by atoms with Gasteiger partial charge in [0, 0.05) is 21.9 Å². The maximum atomic E-state index is 11.9. The molecule has 1 heterocycles. The van der Waals surface area contributed by atoms with Crippen molar-refractivity contribution >= 4 is 40.6 Å². The number of hydrogen-bond acceptors (Lipinski definition) is 3. The molecule has 0 spiro atoms. The Labute approximate surface area is 114 Å². The van der Waals surface area contributed by atoms with Gasteiger partial charge in [0.1, 0.15) is 5.82 Å². The van der Waals surface area contributed by atoms with E-state index in [0.717, 1.165) is 0 Å². The van der Waals surface area contributed by atoms with E-state index in [4.69, 9.17) is 28.9 Å². The van der Waals surface area contributed by atoms with Crippen LogP contribution in [0.4, 0.5) is 11.5 Å². The van der Waals surface area contributed by atoms with Crippen LogP contribution in [0.1, 0.15) is 10.4 Å². The minimum absolute atomic E-state index is 0.307. The molecule has 0 saturated heterocycles. The van der Waals surface area contributed by atoms with Gasteiger partial charge in [-0.05, 0) is 30.3 Å². The average Bonchev–Trinajstić information content (AvgIpc) is 2.28. The molecule has 0 aliphatic rings. The van der Waals surface area contributed by atoms with Gasteiger partial charge >= 0.3 is 0 Å². The molecular formula is C12H9Cl2N3O. The molecule has 0 aliphatic carbocycles. The number of nitrogens with one attached hydrogen (secondary N) is 1. The molecule has 0 radical (unpaired) electrons. The third-order valence-corrected chi connectivity index (χ3v) is 2.69. The minimum atomic E-state index is -0.362. The Morgan fingerprint density at radius 2 is 1.89 bits per heavy atom. The van der Waals surface area contributed by atoms with Gasteiger partial charge in [0.2, 0.25) is 0 Å². The fraction of sp³-hybridized carbons (Fsp3) is 0. The van der Waals surface area contributed by atoms with Crippen LogP contribution in [0, 0.1) is 0 Å². The van der Waals surface area contributed by atoms with Crippen molar-refractivity contribution in [2.75, 3.05) is 11.1 Å². The number of nitrogens with two attached hydrogens (primary N) is 1. The van der Waals surface area contributed by atoms with Gasteiger partial charge in [-0.25, -0.2) is 4.98 Å². The number of benzene rings is 1. The number of aromatic nitrogens is 1. The van der Waals surface area contributed by atoms with Crippen LogP contribution >= 0.6 is 23.2 Å². The third kappa shape index (κ3) is 2.91. The summed E-state index contributed by atoms with van der Waals surface area (Å²) in [6.07, 6.45) is 1.50. The van der Waals surface area contributed by atoms with Crippen molar-refractivity contribution in [3.05, 3.63) is 52.1 Å². The highest BCUT2D eigenvalue weighted by Gasteiger charge is 2.10. The maximum Gasteiger partial charge on any atom is 0.258 e. The molecule has 1 aromatic heterocycles. The quantitative estimate of drug-likeness (QED) is 0.831. The summed E-state index contributed by atoms with van der Waals surface area (Å²) >= 11 is 11.6. The highest BCUT2D eigenvalue weighted by molar-refractivity contribution is 6.31. The zero-order valence-corrected chi connectivity index (χ0v) is 10.7. The lowest BCUT2D eigenvalue weighted by atomic mass is 10.1. The minimum Gasteiger partial charge on any atom is -0.398 e. The first-order valence-corrected chi connectivity index (χ1v) is 5.80. The van der Waals surface area contributed by atoms with E-state index < -0.39 is 0 Å². The highest BCUT2D eigenvalue weighted by Crippen LogP contribution is 2.19. The van der Waals surface area contributed by atoms with Crippen LogP contribution in [-0.4, -0.2) is 10.9 Å². The molecule has 18 heavy (non-hydrogen) atoms. The number of nitrogens with zero attached hydrogens (tertiary/aromatic N) is 1. The monoisotopic (exact) mass is 281 g/mol. The smallest absolute Gasteiger partial charge is 0.258 e. The van der Waals surface area contributed by atoms with Crippen molar-refractivity contribution in [1.82, 2.24) is 4.98 Å². The molecule has 3 N–H and O–H groups in total. The maximum absolute atomic E-state index is 11.9. The summed E-state index contributed by atoms with van der Waals surface area (Å²) in [6.45, 7) is 0. The molecule has 4 nitrogen and oxygen atoms in total. The standard InChI is InChI=1S/C12H9Cl2N3O/c13-7-1-2-9(10(15)5-7)12(18)17-11-6-8(14)3-4-16-11/h1-6H,15H2,(H,16,17,18). The number of carbonyl (C=O) groups excluding carboxylic acids is 1. The van der Waals surface area contributed by atoms with Gasteiger partial charge in [0.05, 0.1) is 5.56 Å². The van der Waals surface area contributed by atoms with E-state index in [9.17, 15) is 4.79 Å². The van der Waals surface area contributed by atoms with Gasteiger partial charge in [-0.3, -0.25) is 4.79 Å². The topological polar surface area (TPSA) is 68.0 Å². The molecular weight excluding hydrogens is 273 g/mol. The van der Waals surface area contributed by atoms with Crippen LogP contribution in [-0.2, 0) is 0 Å². The van der Waals surface area contributed by atoms with Crippen molar-refractivity contribution in [2.24, 2.45) is 0 Å². The van der Waals surface area contributed by atoms with Crippen molar-refractivity contribution < 1.29 is 4.79 Å². The fourth-order valence-electron chi connectivity index (χ4n) is 1.40. The molecule has 2 aromatic rings. The first-order chi connectivity index (χ1) is 8.56. The fourth-order valence-corrected chi connectivity index (χ4v) is 1.74. The number of carbonyl (C=O) groups is 1. The molecule has 6 heteroatoms. The van der Waals surface area contributed by atoms with Crippen molar-refractivity contribution in [2.45, 2.75) is 0 Å². The lowest BCUT2D eigenvalue weighted by Crippen LogP contribution is -2.14. The third-order valence-electron chi connectivity index (χ3n) is 2.22. The van der Waals surface area contributed by atoms with Gasteiger partial charge < -0.3 is 11.1 Å². The van der Waals surface area contributed by atoms with Crippen LogP contribution in [0.25, 0.3) is 0 Å². The van der Waals surface area contributed by atoms with Crippen molar-refractivity contribution in [3.8, 4) is 0 Å². The lowest BCUT2D eigenvalue weighted by molar-refractivity contribution is 0.102. The van der Waals surface area contributed by atoms with Crippen LogP contribution in [0.3, 0.4) is 0 Å². The van der Waals surface area contributed by atoms with E-state index >= 15 is 0 Å². The SMILES string of the molecule is Nc1cc(Cl)ccc1C(=O)Nc1cc(Cl)ccn1. The summed E-state index contributed by atoms with van der Waals surface area (Å²) in [5.41, 5.74) is 6.36. The zero-order valence-electron chi connectivity index (χ0n) is 9.15. The number of amides is 1. The molecule has 0 atom stereocenters. The summed E-state index contributed by atoms with van der Waals surface area (Å²) in [4.78, 5) is 15.9. The average molecular weight is 282 g/mol. The Morgan fingerprint density at radius 3 is 2.56 bits per heavy atom. The summed E-state index contributed by atoms with van der Waals surface area (Å²) in [5.74, 6) is 0.000725. The Balaban J connectivity index is 2.22. The number of halogens is 2. The van der Waals surface area contributed by atoms with Gasteiger partial charge in [0.15, 0.2) is 0 Å². The second kappa shape index (κ2) is 5.25. The van der Waals surface area contributed by atoms with Crippen molar-refractivity contribution in [1.29, 1.82) is 0 Å². The molecule has 2 rings (SSSR count). The summed E-state index contributed by atoms with van der Waals surface area (Å²) in [7, 11) is 0. The molecule has 1 amide bonds. The molecule has 0 aliphatic heterocycles. The molecule has 0 fully saturated rings. The van der Waals surface area contributed by atoms with Gasteiger partial charge in [0.25, 0.3) is 5.91 Å². The Kier molecular flexibility index (Phi) is 3.69. The number of pyridine rings is 1. The second-order valence-electron chi connectivity index (χ2n) is 3.54. The Bertz CT molecular complexity index is 602. The predicted octanol–water partition coefficient (Wildman–Crippen LogP) is 3.22. The number of anilines is 2. The van der Waals surface area contributed by atoms with Crippen LogP contribution in [0.15, 0.2) is 36.5 Å². The van der Waals surface area contributed by atoms with Crippen LogP contribution < -0.4 is 11.1 Å². The van der Waals surface area contributed by atoms with E-state index in [1.807, 2.05) is 0 Å². The second-order valence-corrected chi connectivity index (χ2v) is 4.42. The van der Waals surface area contributed by atoms with Crippen molar-refractivity contribution in [3.63, 3.8) is 0 Å². The van der Waals surface area contributed by atoms with Crippen LogP contribution in [0.2, 0.25) is 10.0 Å². The molecule has 0 unspecified atom stereocenters. The summed E-state index contributed by atoms with van der Waals surface area (Å²) < 4.78 is 0. The van der Waals surface area contributed by atoms with Gasteiger partial charge in [-0.2, -0.15) is 0 Å². The number of nitrogen functional groups attached to an aromatic ring is 1. The normalized spacial score (nSPS) is 10.1. The van der Waals surface area contributed by atoms with E-state index in [0.29, 0.717) is 27.1 Å². The summed E-state index contributed by atoms with van der Waals surface area (Å²) in [5, 5.41) is 3.57. The Hall–Kier alpha value is -1.78. The molecule has 92 valence electrons. The largest absolute Gasteiger partial charge is 0.398 e. The van der Waals surface area contributed by atoms with Crippen LogP contribution in [0.5, 0.6) is 0 Å². The van der Waals surface area contributed by atoms with Gasteiger partial charge in [-0.1, -0.05) is 23.2 Å². The van der Waals surface area contributed by atoms with E-state index in [-0.39, 0.29) is 5.91 Å². The van der Waals surface area contributed by atoms with E-state index in [1.165, 1.54) is 12.3 Å². The first kappa shape index (κ1) is 12.7. The number of hydrogen-bond donors (Lipinski definition) is 2. The zero-order chi connectivity index (χ0) is 13.1. The summed E-state index contributed by atoms with van der Waals surface area (Å²) in [6, 6.07) is 7.83. The Morgan fingerprint density at radius 1 is 1.17 bits per heavy atom. The first-order valence-electron chi connectivity index (χ1n) is 5.04.